The smallest absolute Gasteiger partial charge is 0.311 e. The number of rotatable bonds is 10. The fraction of sp³-hybridized carbons (Fsp3) is 0.346. The van der Waals surface area contributed by atoms with Crippen LogP contribution in [-0.2, 0) is 28.2 Å². The average Bonchev–Trinajstić information content (AvgIpc) is 3.54. The summed E-state index contributed by atoms with van der Waals surface area (Å²) in [6.45, 7) is 3.74. The highest BCUT2D eigenvalue weighted by molar-refractivity contribution is 7.97. The van der Waals surface area contributed by atoms with E-state index in [4.69, 9.17) is 4.74 Å². The Bertz CT molecular complexity index is 1430. The number of ether oxygens (including phenoxy) is 1. The lowest BCUT2D eigenvalue weighted by molar-refractivity contribution is -0.146. The molecule has 1 aliphatic heterocycles. The third kappa shape index (κ3) is 5.03. The summed E-state index contributed by atoms with van der Waals surface area (Å²) in [6, 6.07) is 11.9. The summed E-state index contributed by atoms with van der Waals surface area (Å²) in [7, 11) is 1.85. The maximum absolute atomic E-state index is 12.4. The standard InChI is InChI=1S/C26H28N8O2S/c1-3-37-33-15-26(16-33,9-10-27)34-14-20(13-31-34)24-22-8-11-32(25(22)30-17-29-24)18-36-23(35)12-19-4-6-21(28-2)7-5-19/h4-8,11,13-14,17,28H,3,9,12,15-16,18H2,1-2H3. The lowest BCUT2D eigenvalue weighted by Gasteiger charge is -2.48. The zero-order valence-corrected chi connectivity index (χ0v) is 21.6. The number of nitriles is 1. The van der Waals surface area contributed by atoms with Gasteiger partial charge < -0.3 is 10.1 Å². The largest absolute Gasteiger partial charge is 0.444 e. The molecule has 0 aliphatic carbocycles. The van der Waals surface area contributed by atoms with Crippen LogP contribution in [0.15, 0.2) is 55.2 Å². The Labute approximate surface area is 219 Å². The van der Waals surface area contributed by atoms with Crippen LogP contribution in [0, 0.1) is 11.3 Å². The third-order valence-electron chi connectivity index (χ3n) is 6.51. The van der Waals surface area contributed by atoms with Gasteiger partial charge in [-0.25, -0.2) is 14.3 Å². The van der Waals surface area contributed by atoms with Crippen molar-refractivity contribution >= 4 is 34.6 Å². The number of benzene rings is 1. The summed E-state index contributed by atoms with van der Waals surface area (Å²) in [4.78, 5) is 21.4. The van der Waals surface area contributed by atoms with Crippen LogP contribution >= 0.6 is 11.9 Å². The Morgan fingerprint density at radius 1 is 1.24 bits per heavy atom. The fourth-order valence-corrected chi connectivity index (χ4v) is 5.59. The summed E-state index contributed by atoms with van der Waals surface area (Å²) in [6.07, 6.45) is 7.68. The zero-order chi connectivity index (χ0) is 25.8. The van der Waals surface area contributed by atoms with E-state index in [9.17, 15) is 10.1 Å². The van der Waals surface area contributed by atoms with Crippen molar-refractivity contribution in [2.45, 2.75) is 32.0 Å². The molecule has 0 spiro atoms. The van der Waals surface area contributed by atoms with E-state index in [1.54, 1.807) is 22.7 Å². The highest BCUT2D eigenvalue weighted by Gasteiger charge is 2.45. The van der Waals surface area contributed by atoms with E-state index in [1.807, 2.05) is 54.5 Å². The first-order valence-electron chi connectivity index (χ1n) is 12.1. The van der Waals surface area contributed by atoms with Gasteiger partial charge in [0, 0.05) is 54.9 Å². The van der Waals surface area contributed by atoms with Crippen molar-refractivity contribution in [2.24, 2.45) is 0 Å². The number of esters is 1. The molecule has 0 atom stereocenters. The predicted molar refractivity (Wildman–Crippen MR) is 142 cm³/mol. The van der Waals surface area contributed by atoms with Crippen LogP contribution in [0.1, 0.15) is 18.9 Å². The van der Waals surface area contributed by atoms with Gasteiger partial charge in [-0.15, -0.1) is 0 Å². The maximum Gasteiger partial charge on any atom is 0.311 e. The number of fused-ring (bicyclic) bond motifs is 1. The number of hydrogen-bond acceptors (Lipinski definition) is 9. The molecule has 190 valence electrons. The Hall–Kier alpha value is -3.88. The molecule has 0 radical (unpaired) electrons. The fourth-order valence-electron chi connectivity index (χ4n) is 4.56. The second-order valence-corrected chi connectivity index (χ2v) is 10.3. The molecular formula is C26H28N8O2S. The minimum Gasteiger partial charge on any atom is -0.444 e. The molecule has 11 heteroatoms. The molecule has 1 saturated heterocycles. The van der Waals surface area contributed by atoms with Gasteiger partial charge >= 0.3 is 5.97 Å². The Morgan fingerprint density at radius 3 is 2.78 bits per heavy atom. The molecule has 37 heavy (non-hydrogen) atoms. The number of carbonyl (C=O) groups excluding carboxylic acids is 1. The number of anilines is 1. The van der Waals surface area contributed by atoms with Crippen molar-refractivity contribution in [3.8, 4) is 17.3 Å². The van der Waals surface area contributed by atoms with Gasteiger partial charge in [0.05, 0.1) is 30.8 Å². The Balaban J connectivity index is 1.30. The van der Waals surface area contributed by atoms with Crippen LogP contribution in [0.2, 0.25) is 0 Å². The highest BCUT2D eigenvalue weighted by atomic mass is 32.2. The first-order valence-corrected chi connectivity index (χ1v) is 13.0. The van der Waals surface area contributed by atoms with Gasteiger partial charge in [-0.05, 0) is 23.8 Å². The van der Waals surface area contributed by atoms with Gasteiger partial charge in [-0.2, -0.15) is 10.4 Å². The van der Waals surface area contributed by atoms with Crippen LogP contribution in [-0.4, -0.2) is 60.5 Å². The first kappa shape index (κ1) is 24.8. The lowest BCUT2D eigenvalue weighted by Crippen LogP contribution is -2.60. The minimum atomic E-state index is -0.325. The third-order valence-corrected chi connectivity index (χ3v) is 7.40. The zero-order valence-electron chi connectivity index (χ0n) is 20.8. The highest BCUT2D eigenvalue weighted by Crippen LogP contribution is 2.37. The summed E-state index contributed by atoms with van der Waals surface area (Å²) in [5, 5.41) is 17.9. The van der Waals surface area contributed by atoms with Crippen molar-refractivity contribution in [2.75, 3.05) is 31.2 Å². The lowest BCUT2D eigenvalue weighted by atomic mass is 9.89. The molecule has 0 unspecified atom stereocenters. The second kappa shape index (κ2) is 10.6. The molecule has 0 saturated carbocycles. The van der Waals surface area contributed by atoms with Crippen LogP contribution in [0.4, 0.5) is 5.69 Å². The molecule has 0 amide bonds. The van der Waals surface area contributed by atoms with Crippen LogP contribution in [0.25, 0.3) is 22.3 Å². The average molecular weight is 517 g/mol. The summed E-state index contributed by atoms with van der Waals surface area (Å²) in [5.74, 6) is 0.690. The normalized spacial score (nSPS) is 14.7. The Morgan fingerprint density at radius 2 is 2.05 bits per heavy atom. The van der Waals surface area contributed by atoms with Crippen LogP contribution < -0.4 is 5.32 Å². The van der Waals surface area contributed by atoms with Crippen LogP contribution in [0.5, 0.6) is 0 Å². The SMILES string of the molecule is CCSN1CC(CC#N)(n2cc(-c3ncnc4c3ccn4COC(=O)Cc3ccc(NC)cc3)cn2)C1. The number of aromatic nitrogens is 5. The number of carbonyl (C=O) groups is 1. The predicted octanol–water partition coefficient (Wildman–Crippen LogP) is 3.67. The Kier molecular flexibility index (Phi) is 7.12. The molecule has 1 N–H and O–H groups in total. The monoisotopic (exact) mass is 516 g/mol. The van der Waals surface area contributed by atoms with Crippen molar-refractivity contribution in [3.05, 3.63) is 60.8 Å². The molecule has 4 aromatic rings. The summed E-state index contributed by atoms with van der Waals surface area (Å²) in [5.41, 5.74) is 3.82. The van der Waals surface area contributed by atoms with Gasteiger partial charge in [0.25, 0.3) is 0 Å². The maximum atomic E-state index is 12.4. The number of hydrogen-bond donors (Lipinski definition) is 1. The van der Waals surface area contributed by atoms with Gasteiger partial charge in [0.1, 0.15) is 17.5 Å². The van der Waals surface area contributed by atoms with Gasteiger partial charge in [0.15, 0.2) is 6.73 Å². The molecule has 10 nitrogen and oxygen atoms in total. The molecule has 1 aliphatic rings. The van der Waals surface area contributed by atoms with E-state index in [0.29, 0.717) is 12.1 Å². The van der Waals surface area contributed by atoms with E-state index < -0.39 is 0 Å². The van der Waals surface area contributed by atoms with Gasteiger partial charge in [-0.1, -0.05) is 31.0 Å². The van der Waals surface area contributed by atoms with E-state index in [2.05, 4.69) is 37.7 Å². The molecule has 3 aromatic heterocycles. The number of nitrogens with one attached hydrogen (secondary N) is 1. The molecular weight excluding hydrogens is 488 g/mol. The van der Waals surface area contributed by atoms with Crippen LogP contribution in [0.3, 0.4) is 0 Å². The topological polar surface area (TPSA) is 114 Å². The number of nitrogens with zero attached hydrogens (tertiary/aromatic N) is 7. The van der Waals surface area contributed by atoms with E-state index in [1.165, 1.54) is 6.33 Å². The summed E-state index contributed by atoms with van der Waals surface area (Å²) < 4.78 is 11.5. The molecule has 1 fully saturated rings. The van der Waals surface area contributed by atoms with Crippen molar-refractivity contribution in [1.29, 1.82) is 5.26 Å². The van der Waals surface area contributed by atoms with E-state index in [-0.39, 0.29) is 24.7 Å². The molecule has 4 heterocycles. The molecule has 1 aromatic carbocycles. The van der Waals surface area contributed by atoms with Gasteiger partial charge in [0.2, 0.25) is 0 Å². The van der Waals surface area contributed by atoms with Crippen molar-refractivity contribution < 1.29 is 9.53 Å². The van der Waals surface area contributed by atoms with Gasteiger partial charge in [-0.3, -0.25) is 14.0 Å². The quantitative estimate of drug-likeness (QED) is 0.249. The first-order chi connectivity index (χ1) is 18.0. The summed E-state index contributed by atoms with van der Waals surface area (Å²) >= 11 is 1.78. The van der Waals surface area contributed by atoms with Crippen molar-refractivity contribution in [3.63, 3.8) is 0 Å². The van der Waals surface area contributed by atoms with E-state index in [0.717, 1.165) is 46.7 Å². The second-order valence-electron chi connectivity index (χ2n) is 8.96. The minimum absolute atomic E-state index is 0.0584. The molecule has 0 bridgehead atoms. The van der Waals surface area contributed by atoms with Crippen molar-refractivity contribution in [1.82, 2.24) is 28.6 Å². The van der Waals surface area contributed by atoms with E-state index >= 15 is 0 Å². The molecule has 5 rings (SSSR count).